The number of rotatable bonds is 2. The molecule has 1 atom stereocenters. The summed E-state index contributed by atoms with van der Waals surface area (Å²) in [4.78, 5) is 1.31. The van der Waals surface area contributed by atoms with E-state index in [4.69, 9.17) is 5.73 Å². The number of aryl methyl sites for hydroxylation is 1. The minimum absolute atomic E-state index is 0.0417. The Labute approximate surface area is 116 Å². The van der Waals surface area contributed by atoms with Crippen LogP contribution in [0.4, 0.5) is 0 Å². The van der Waals surface area contributed by atoms with Gasteiger partial charge in [-0.1, -0.05) is 18.2 Å². The van der Waals surface area contributed by atoms with Gasteiger partial charge in [-0.25, -0.2) is 8.42 Å². The number of benzene rings is 1. The Morgan fingerprint density at radius 3 is 2.79 bits per heavy atom. The highest BCUT2D eigenvalue weighted by Crippen LogP contribution is 2.36. The van der Waals surface area contributed by atoms with Gasteiger partial charge in [0.05, 0.1) is 0 Å². The van der Waals surface area contributed by atoms with Crippen LogP contribution >= 0.6 is 11.3 Å². The van der Waals surface area contributed by atoms with Crippen LogP contribution in [0.3, 0.4) is 0 Å². The van der Waals surface area contributed by atoms with Gasteiger partial charge in [-0.2, -0.15) is 4.31 Å². The molecule has 6 heteroatoms. The largest absolute Gasteiger partial charge is 0.326 e. The van der Waals surface area contributed by atoms with Crippen LogP contribution in [0.1, 0.15) is 11.3 Å². The Hall–Kier alpha value is -0.950. The molecule has 0 aliphatic carbocycles. The van der Waals surface area contributed by atoms with Crippen LogP contribution in [0.5, 0.6) is 0 Å². The third-order valence-corrected chi connectivity index (χ3v) is 6.77. The topological polar surface area (TPSA) is 63.4 Å². The van der Waals surface area contributed by atoms with Gasteiger partial charge in [0.1, 0.15) is 4.90 Å². The van der Waals surface area contributed by atoms with Crippen molar-refractivity contribution < 1.29 is 8.42 Å². The summed E-state index contributed by atoms with van der Waals surface area (Å²) in [5, 5.41) is 0.825. The molecule has 0 spiro atoms. The zero-order valence-corrected chi connectivity index (χ0v) is 12.3. The van der Waals surface area contributed by atoms with E-state index < -0.39 is 10.0 Å². The predicted molar refractivity (Wildman–Crippen MR) is 77.9 cm³/mol. The second kappa shape index (κ2) is 4.56. The molecule has 1 fully saturated rings. The SMILES string of the molecule is Cc1sc2ccccc2c1S(=O)(=O)N1CC[C@H](N)C1. The van der Waals surface area contributed by atoms with Gasteiger partial charge >= 0.3 is 0 Å². The highest BCUT2D eigenvalue weighted by Gasteiger charge is 2.33. The third-order valence-electron chi connectivity index (χ3n) is 3.50. The maximum absolute atomic E-state index is 12.8. The van der Waals surface area contributed by atoms with Gasteiger partial charge in [0.25, 0.3) is 0 Å². The van der Waals surface area contributed by atoms with Gasteiger partial charge in [0, 0.05) is 34.1 Å². The molecule has 2 heterocycles. The van der Waals surface area contributed by atoms with Crippen molar-refractivity contribution in [3.8, 4) is 0 Å². The summed E-state index contributed by atoms with van der Waals surface area (Å²) in [6, 6.07) is 7.60. The van der Waals surface area contributed by atoms with Gasteiger partial charge in [-0.3, -0.25) is 0 Å². The molecule has 19 heavy (non-hydrogen) atoms. The first kappa shape index (κ1) is 13.1. The Morgan fingerprint density at radius 2 is 2.11 bits per heavy atom. The fourth-order valence-electron chi connectivity index (χ4n) is 2.57. The third kappa shape index (κ3) is 2.08. The number of hydrogen-bond donors (Lipinski definition) is 1. The molecule has 3 rings (SSSR count). The Balaban J connectivity index is 2.16. The van der Waals surface area contributed by atoms with E-state index in [1.165, 1.54) is 15.6 Å². The molecule has 1 aromatic heterocycles. The van der Waals surface area contributed by atoms with Crippen molar-refractivity contribution in [2.75, 3.05) is 13.1 Å². The summed E-state index contributed by atoms with van der Waals surface area (Å²) in [5.41, 5.74) is 5.82. The maximum Gasteiger partial charge on any atom is 0.244 e. The van der Waals surface area contributed by atoms with Crippen molar-refractivity contribution in [1.82, 2.24) is 4.31 Å². The summed E-state index contributed by atoms with van der Waals surface area (Å²) in [7, 11) is -3.42. The lowest BCUT2D eigenvalue weighted by Gasteiger charge is -2.16. The second-order valence-electron chi connectivity index (χ2n) is 4.90. The van der Waals surface area contributed by atoms with Crippen LogP contribution in [-0.2, 0) is 10.0 Å². The Kier molecular flexibility index (Phi) is 3.13. The molecule has 0 saturated carbocycles. The smallest absolute Gasteiger partial charge is 0.244 e. The molecule has 4 nitrogen and oxygen atoms in total. The summed E-state index contributed by atoms with van der Waals surface area (Å²) in [6.07, 6.45) is 0.736. The quantitative estimate of drug-likeness (QED) is 0.921. The molecule has 102 valence electrons. The average molecular weight is 296 g/mol. The van der Waals surface area contributed by atoms with E-state index in [1.54, 1.807) is 0 Å². The van der Waals surface area contributed by atoms with Crippen LogP contribution in [0.15, 0.2) is 29.2 Å². The zero-order valence-electron chi connectivity index (χ0n) is 10.7. The number of thiophene rings is 1. The van der Waals surface area contributed by atoms with Gasteiger partial charge in [-0.15, -0.1) is 11.3 Å². The minimum atomic E-state index is -3.42. The van der Waals surface area contributed by atoms with E-state index in [0.717, 1.165) is 21.4 Å². The molecular formula is C13H16N2O2S2. The summed E-state index contributed by atoms with van der Waals surface area (Å²) in [5.74, 6) is 0. The number of nitrogens with two attached hydrogens (primary N) is 1. The van der Waals surface area contributed by atoms with E-state index in [2.05, 4.69) is 0 Å². The first-order chi connectivity index (χ1) is 9.00. The fourth-order valence-corrected chi connectivity index (χ4v) is 5.84. The van der Waals surface area contributed by atoms with Crippen LogP contribution in [0.25, 0.3) is 10.1 Å². The molecular weight excluding hydrogens is 280 g/mol. The lowest BCUT2D eigenvalue weighted by molar-refractivity contribution is 0.473. The highest BCUT2D eigenvalue weighted by atomic mass is 32.2. The number of fused-ring (bicyclic) bond motifs is 1. The van der Waals surface area contributed by atoms with Gasteiger partial charge in [-0.05, 0) is 19.4 Å². The number of hydrogen-bond acceptors (Lipinski definition) is 4. The fraction of sp³-hybridized carbons (Fsp3) is 0.385. The molecule has 2 N–H and O–H groups in total. The van der Waals surface area contributed by atoms with Crippen LogP contribution in [-0.4, -0.2) is 31.9 Å². The highest BCUT2D eigenvalue weighted by molar-refractivity contribution is 7.89. The molecule has 0 unspecified atom stereocenters. The Morgan fingerprint density at radius 1 is 1.37 bits per heavy atom. The molecule has 1 aliphatic heterocycles. The van der Waals surface area contributed by atoms with E-state index in [9.17, 15) is 8.42 Å². The predicted octanol–water partition coefficient (Wildman–Crippen LogP) is 1.93. The van der Waals surface area contributed by atoms with Gasteiger partial charge in [0.15, 0.2) is 0 Å². The van der Waals surface area contributed by atoms with Crippen molar-refractivity contribution >= 4 is 31.4 Å². The molecule has 1 aliphatic rings. The van der Waals surface area contributed by atoms with Crippen molar-refractivity contribution in [2.24, 2.45) is 5.73 Å². The molecule has 0 radical (unpaired) electrons. The van der Waals surface area contributed by atoms with Crippen LogP contribution in [0.2, 0.25) is 0 Å². The van der Waals surface area contributed by atoms with Crippen molar-refractivity contribution in [3.63, 3.8) is 0 Å². The summed E-state index contributed by atoms with van der Waals surface area (Å²) < 4.78 is 28.0. The summed E-state index contributed by atoms with van der Waals surface area (Å²) in [6.45, 7) is 2.81. The van der Waals surface area contributed by atoms with Crippen molar-refractivity contribution in [1.29, 1.82) is 0 Å². The molecule has 0 bridgehead atoms. The van der Waals surface area contributed by atoms with E-state index in [-0.39, 0.29) is 6.04 Å². The molecule has 0 amide bonds. The molecule has 1 saturated heterocycles. The Bertz CT molecular complexity index is 721. The number of nitrogens with zero attached hydrogens (tertiary/aromatic N) is 1. The van der Waals surface area contributed by atoms with Crippen molar-refractivity contribution in [3.05, 3.63) is 29.1 Å². The maximum atomic E-state index is 12.8. The monoisotopic (exact) mass is 296 g/mol. The molecule has 1 aromatic carbocycles. The standard InChI is InChI=1S/C13H16N2O2S2/c1-9-13(11-4-2-3-5-12(11)18-9)19(16,17)15-7-6-10(14)8-15/h2-5,10H,6-8,14H2,1H3/t10-/m0/s1. The van der Waals surface area contributed by atoms with Gasteiger partial charge < -0.3 is 5.73 Å². The van der Waals surface area contributed by atoms with Crippen LogP contribution in [0, 0.1) is 6.92 Å². The van der Waals surface area contributed by atoms with E-state index in [0.29, 0.717) is 18.0 Å². The second-order valence-corrected chi connectivity index (χ2v) is 8.03. The van der Waals surface area contributed by atoms with E-state index >= 15 is 0 Å². The normalized spacial score (nSPS) is 21.3. The van der Waals surface area contributed by atoms with Crippen molar-refractivity contribution in [2.45, 2.75) is 24.3 Å². The summed E-state index contributed by atoms with van der Waals surface area (Å²) >= 11 is 1.53. The first-order valence-corrected chi connectivity index (χ1v) is 8.49. The first-order valence-electron chi connectivity index (χ1n) is 6.24. The lowest BCUT2D eigenvalue weighted by Crippen LogP contribution is -2.32. The minimum Gasteiger partial charge on any atom is -0.326 e. The average Bonchev–Trinajstić information content (AvgIpc) is 2.92. The lowest BCUT2D eigenvalue weighted by atomic mass is 10.2. The van der Waals surface area contributed by atoms with E-state index in [1.807, 2.05) is 31.2 Å². The number of sulfonamides is 1. The zero-order chi connectivity index (χ0) is 13.6. The van der Waals surface area contributed by atoms with Crippen LogP contribution < -0.4 is 5.73 Å². The molecule has 2 aromatic rings. The van der Waals surface area contributed by atoms with Gasteiger partial charge in [0.2, 0.25) is 10.0 Å².